The van der Waals surface area contributed by atoms with Gasteiger partial charge in [0.15, 0.2) is 0 Å². The Balaban J connectivity index is 1.91. The maximum Gasteiger partial charge on any atom is 0.223 e. The van der Waals surface area contributed by atoms with Gasteiger partial charge in [-0.2, -0.15) is 0 Å². The van der Waals surface area contributed by atoms with Crippen molar-refractivity contribution in [2.75, 3.05) is 20.7 Å². The van der Waals surface area contributed by atoms with Crippen LogP contribution in [0.15, 0.2) is 48.5 Å². The summed E-state index contributed by atoms with van der Waals surface area (Å²) >= 11 is 0. The molecule has 2 aromatic carbocycles. The van der Waals surface area contributed by atoms with Gasteiger partial charge in [-0.05, 0) is 41.3 Å². The molecule has 2 aromatic rings. The van der Waals surface area contributed by atoms with Crippen molar-refractivity contribution < 1.29 is 19.0 Å². The number of ether oxygens (including phenoxy) is 1. The number of carbonyl (C=O) groups is 1. The number of benzene rings is 2. The standard InChI is InChI=1S/C20H24FNO3/c1-14(15-4-8-17(21)9-5-15)12-20(24)22(2)13-19(23)16-6-10-18(25-3)11-7-16/h4-11,14,19,23H,12-13H2,1-3H3. The molecule has 2 atom stereocenters. The van der Waals surface area contributed by atoms with E-state index in [1.165, 1.54) is 17.0 Å². The Labute approximate surface area is 147 Å². The Morgan fingerprint density at radius 1 is 1.12 bits per heavy atom. The summed E-state index contributed by atoms with van der Waals surface area (Å²) in [4.78, 5) is 13.9. The molecule has 4 nitrogen and oxygen atoms in total. The molecule has 0 spiro atoms. The van der Waals surface area contributed by atoms with Crippen molar-refractivity contribution in [3.05, 3.63) is 65.5 Å². The van der Waals surface area contributed by atoms with E-state index in [1.807, 2.05) is 6.92 Å². The lowest BCUT2D eigenvalue weighted by Crippen LogP contribution is -2.31. The first-order valence-electron chi connectivity index (χ1n) is 8.22. The van der Waals surface area contributed by atoms with Gasteiger partial charge in [0, 0.05) is 13.5 Å². The third kappa shape index (κ3) is 5.29. The molecular formula is C20H24FNO3. The van der Waals surface area contributed by atoms with Crippen LogP contribution in [0.5, 0.6) is 5.75 Å². The van der Waals surface area contributed by atoms with Crippen LogP contribution in [0.25, 0.3) is 0 Å². The fourth-order valence-corrected chi connectivity index (χ4v) is 2.62. The number of halogens is 1. The van der Waals surface area contributed by atoms with Crippen molar-refractivity contribution in [1.82, 2.24) is 4.90 Å². The van der Waals surface area contributed by atoms with Crippen LogP contribution in [-0.2, 0) is 4.79 Å². The van der Waals surface area contributed by atoms with E-state index in [4.69, 9.17) is 4.74 Å². The number of nitrogens with zero attached hydrogens (tertiary/aromatic N) is 1. The van der Waals surface area contributed by atoms with Gasteiger partial charge < -0.3 is 14.7 Å². The third-order valence-corrected chi connectivity index (χ3v) is 4.29. The van der Waals surface area contributed by atoms with Gasteiger partial charge in [-0.1, -0.05) is 31.2 Å². The first kappa shape index (κ1) is 18.9. The van der Waals surface area contributed by atoms with Crippen LogP contribution in [0, 0.1) is 5.82 Å². The molecule has 0 fully saturated rings. The first-order valence-corrected chi connectivity index (χ1v) is 8.22. The third-order valence-electron chi connectivity index (χ3n) is 4.29. The number of hydrogen-bond acceptors (Lipinski definition) is 3. The van der Waals surface area contributed by atoms with E-state index in [9.17, 15) is 14.3 Å². The molecule has 2 unspecified atom stereocenters. The molecule has 0 aromatic heterocycles. The van der Waals surface area contributed by atoms with Crippen LogP contribution in [0.2, 0.25) is 0 Å². The summed E-state index contributed by atoms with van der Waals surface area (Å²) < 4.78 is 18.1. The van der Waals surface area contributed by atoms with Crippen LogP contribution in [0.4, 0.5) is 4.39 Å². The van der Waals surface area contributed by atoms with Crippen molar-refractivity contribution >= 4 is 5.91 Å². The summed E-state index contributed by atoms with van der Waals surface area (Å²) in [7, 11) is 3.26. The number of carbonyl (C=O) groups excluding carboxylic acids is 1. The normalized spacial score (nSPS) is 13.2. The van der Waals surface area contributed by atoms with E-state index in [1.54, 1.807) is 50.6 Å². The largest absolute Gasteiger partial charge is 0.497 e. The van der Waals surface area contributed by atoms with Crippen molar-refractivity contribution in [2.24, 2.45) is 0 Å². The minimum absolute atomic E-state index is 0.0197. The molecule has 0 saturated heterocycles. The fourth-order valence-electron chi connectivity index (χ4n) is 2.62. The van der Waals surface area contributed by atoms with Crippen LogP contribution in [0.3, 0.4) is 0 Å². The number of aliphatic hydroxyl groups excluding tert-OH is 1. The van der Waals surface area contributed by atoms with E-state index in [2.05, 4.69) is 0 Å². The SMILES string of the molecule is COc1ccc(C(O)CN(C)C(=O)CC(C)c2ccc(F)cc2)cc1. The summed E-state index contributed by atoms with van der Waals surface area (Å²) in [5.41, 5.74) is 1.64. The van der Waals surface area contributed by atoms with Gasteiger partial charge in [0.05, 0.1) is 19.8 Å². The number of aliphatic hydroxyl groups is 1. The van der Waals surface area contributed by atoms with Crippen molar-refractivity contribution in [3.63, 3.8) is 0 Å². The Morgan fingerprint density at radius 2 is 1.68 bits per heavy atom. The second kappa shape index (κ2) is 8.62. The highest BCUT2D eigenvalue weighted by Crippen LogP contribution is 2.22. The summed E-state index contributed by atoms with van der Waals surface area (Å²) in [6.45, 7) is 2.14. The lowest BCUT2D eigenvalue weighted by Gasteiger charge is -2.23. The molecule has 1 N–H and O–H groups in total. The predicted octanol–water partition coefficient (Wildman–Crippen LogP) is 3.52. The summed E-state index contributed by atoms with van der Waals surface area (Å²) in [6.07, 6.45) is -0.460. The van der Waals surface area contributed by atoms with Crippen molar-refractivity contribution in [1.29, 1.82) is 0 Å². The summed E-state index contributed by atoms with van der Waals surface area (Å²) in [6, 6.07) is 13.3. The molecule has 25 heavy (non-hydrogen) atoms. The van der Waals surface area contributed by atoms with Crippen LogP contribution < -0.4 is 4.74 Å². The number of hydrogen-bond donors (Lipinski definition) is 1. The zero-order chi connectivity index (χ0) is 18.4. The molecule has 0 radical (unpaired) electrons. The minimum atomic E-state index is -0.763. The second-order valence-electron chi connectivity index (χ2n) is 6.22. The number of likely N-dealkylation sites (N-methyl/N-ethyl adjacent to an activating group) is 1. The molecule has 0 aliphatic rings. The maximum absolute atomic E-state index is 13.0. The summed E-state index contributed by atoms with van der Waals surface area (Å²) in [5, 5.41) is 10.3. The fraction of sp³-hybridized carbons (Fsp3) is 0.350. The van der Waals surface area contributed by atoms with Crippen LogP contribution in [-0.4, -0.2) is 36.6 Å². The monoisotopic (exact) mass is 345 g/mol. The molecule has 0 aliphatic carbocycles. The van der Waals surface area contributed by atoms with E-state index in [0.717, 1.165) is 11.1 Å². The van der Waals surface area contributed by atoms with Crippen LogP contribution >= 0.6 is 0 Å². The van der Waals surface area contributed by atoms with Gasteiger partial charge >= 0.3 is 0 Å². The predicted molar refractivity (Wildman–Crippen MR) is 95.0 cm³/mol. The van der Waals surface area contributed by atoms with E-state index in [0.29, 0.717) is 12.2 Å². The van der Waals surface area contributed by atoms with Crippen molar-refractivity contribution in [2.45, 2.75) is 25.4 Å². The number of amides is 1. The second-order valence-corrected chi connectivity index (χ2v) is 6.22. The summed E-state index contributed by atoms with van der Waals surface area (Å²) in [5.74, 6) is 0.341. The molecule has 0 aliphatic heterocycles. The Kier molecular flexibility index (Phi) is 6.53. The first-order chi connectivity index (χ1) is 11.9. The Morgan fingerprint density at radius 3 is 2.24 bits per heavy atom. The molecule has 0 bridgehead atoms. The topological polar surface area (TPSA) is 49.8 Å². The molecule has 134 valence electrons. The van der Waals surface area contributed by atoms with Gasteiger partial charge in [-0.25, -0.2) is 4.39 Å². The Bertz CT molecular complexity index is 685. The molecule has 0 heterocycles. The molecule has 2 rings (SSSR count). The highest BCUT2D eigenvalue weighted by molar-refractivity contribution is 5.76. The average molecular weight is 345 g/mol. The highest BCUT2D eigenvalue weighted by Gasteiger charge is 2.18. The Hall–Kier alpha value is -2.40. The van der Waals surface area contributed by atoms with Gasteiger partial charge in [-0.3, -0.25) is 4.79 Å². The minimum Gasteiger partial charge on any atom is -0.497 e. The lowest BCUT2D eigenvalue weighted by molar-refractivity contribution is -0.131. The van der Waals surface area contributed by atoms with E-state index >= 15 is 0 Å². The molecule has 5 heteroatoms. The van der Waals surface area contributed by atoms with Crippen LogP contribution in [0.1, 0.15) is 36.5 Å². The van der Waals surface area contributed by atoms with E-state index in [-0.39, 0.29) is 24.2 Å². The number of rotatable bonds is 7. The highest BCUT2D eigenvalue weighted by atomic mass is 19.1. The average Bonchev–Trinajstić information content (AvgIpc) is 2.62. The maximum atomic E-state index is 13.0. The van der Waals surface area contributed by atoms with Gasteiger partial charge in [0.2, 0.25) is 5.91 Å². The quantitative estimate of drug-likeness (QED) is 0.835. The molecule has 0 saturated carbocycles. The lowest BCUT2D eigenvalue weighted by atomic mass is 9.97. The zero-order valence-corrected chi connectivity index (χ0v) is 14.8. The van der Waals surface area contributed by atoms with Gasteiger partial charge in [-0.15, -0.1) is 0 Å². The van der Waals surface area contributed by atoms with Gasteiger partial charge in [0.25, 0.3) is 0 Å². The van der Waals surface area contributed by atoms with E-state index < -0.39 is 6.10 Å². The molecular weight excluding hydrogens is 321 g/mol. The number of methoxy groups -OCH3 is 1. The zero-order valence-electron chi connectivity index (χ0n) is 14.8. The molecule has 1 amide bonds. The smallest absolute Gasteiger partial charge is 0.223 e. The van der Waals surface area contributed by atoms with Gasteiger partial charge in [0.1, 0.15) is 11.6 Å². The van der Waals surface area contributed by atoms with Crippen molar-refractivity contribution in [3.8, 4) is 5.75 Å².